The summed E-state index contributed by atoms with van der Waals surface area (Å²) >= 11 is 1.85. The summed E-state index contributed by atoms with van der Waals surface area (Å²) in [6, 6.07) is 8.55. The lowest BCUT2D eigenvalue weighted by Gasteiger charge is -2.14. The fraction of sp³-hybridized carbons (Fsp3) is 0.500. The number of benzene rings is 1. The molecule has 0 bridgehead atoms. The zero-order chi connectivity index (χ0) is 13.4. The molecular formula is C14H22N2OS. The predicted octanol–water partition coefficient (Wildman–Crippen LogP) is 3.13. The second-order valence-electron chi connectivity index (χ2n) is 4.29. The number of rotatable bonds is 7. The molecule has 4 heteroatoms. The normalized spacial score (nSPS) is 12.2. The molecule has 1 atom stereocenters. The Bertz CT molecular complexity index is 365. The quantitative estimate of drug-likeness (QED) is 0.745. The van der Waals surface area contributed by atoms with Crippen LogP contribution in [0.2, 0.25) is 0 Å². The average molecular weight is 266 g/mol. The van der Waals surface area contributed by atoms with Crippen LogP contribution in [0.5, 0.6) is 0 Å². The SMILES string of the molecule is CCCC(CSc1ccc(NC(C)=O)cc1)NC. The first-order valence-electron chi connectivity index (χ1n) is 6.33. The molecule has 1 aromatic rings. The number of thioether (sulfide) groups is 1. The Kier molecular flexibility index (Phi) is 6.83. The summed E-state index contributed by atoms with van der Waals surface area (Å²) in [7, 11) is 2.01. The number of anilines is 1. The molecule has 0 fully saturated rings. The van der Waals surface area contributed by atoms with Crippen molar-refractivity contribution >= 4 is 23.4 Å². The van der Waals surface area contributed by atoms with E-state index in [0.29, 0.717) is 6.04 Å². The van der Waals surface area contributed by atoms with Crippen LogP contribution in [0.25, 0.3) is 0 Å². The van der Waals surface area contributed by atoms with Gasteiger partial charge in [-0.1, -0.05) is 13.3 Å². The highest BCUT2D eigenvalue weighted by Crippen LogP contribution is 2.21. The van der Waals surface area contributed by atoms with Gasteiger partial charge in [0.25, 0.3) is 0 Å². The van der Waals surface area contributed by atoms with Crippen molar-refractivity contribution in [3.05, 3.63) is 24.3 Å². The van der Waals surface area contributed by atoms with E-state index >= 15 is 0 Å². The second-order valence-corrected chi connectivity index (χ2v) is 5.38. The molecule has 1 rings (SSSR count). The number of carbonyl (C=O) groups excluding carboxylic acids is 1. The predicted molar refractivity (Wildman–Crippen MR) is 79.2 cm³/mol. The molecule has 0 saturated heterocycles. The first-order valence-corrected chi connectivity index (χ1v) is 7.32. The Morgan fingerprint density at radius 3 is 2.50 bits per heavy atom. The van der Waals surface area contributed by atoms with E-state index in [1.807, 2.05) is 30.9 Å². The van der Waals surface area contributed by atoms with Crippen LogP contribution in [0.15, 0.2) is 29.2 Å². The lowest BCUT2D eigenvalue weighted by molar-refractivity contribution is -0.114. The Hall–Kier alpha value is -1.00. The van der Waals surface area contributed by atoms with Gasteiger partial charge in [0, 0.05) is 29.3 Å². The molecule has 0 aromatic heterocycles. The van der Waals surface area contributed by atoms with E-state index in [-0.39, 0.29) is 5.91 Å². The molecule has 18 heavy (non-hydrogen) atoms. The minimum atomic E-state index is -0.0337. The van der Waals surface area contributed by atoms with Crippen molar-refractivity contribution < 1.29 is 4.79 Å². The lowest BCUT2D eigenvalue weighted by atomic mass is 10.2. The molecule has 1 aromatic carbocycles. The van der Waals surface area contributed by atoms with E-state index < -0.39 is 0 Å². The maximum atomic E-state index is 10.9. The van der Waals surface area contributed by atoms with E-state index in [1.165, 1.54) is 24.7 Å². The van der Waals surface area contributed by atoms with Gasteiger partial charge >= 0.3 is 0 Å². The van der Waals surface area contributed by atoms with E-state index in [1.54, 1.807) is 0 Å². The van der Waals surface area contributed by atoms with Gasteiger partial charge in [0.1, 0.15) is 0 Å². The van der Waals surface area contributed by atoms with Gasteiger partial charge in [0.15, 0.2) is 0 Å². The molecule has 1 unspecified atom stereocenters. The molecule has 0 saturated carbocycles. The van der Waals surface area contributed by atoms with Crippen molar-refractivity contribution in [3.63, 3.8) is 0 Å². The van der Waals surface area contributed by atoms with Gasteiger partial charge in [-0.2, -0.15) is 0 Å². The van der Waals surface area contributed by atoms with Crippen LogP contribution in [0.4, 0.5) is 5.69 Å². The molecule has 0 radical (unpaired) electrons. The number of hydrogen-bond acceptors (Lipinski definition) is 3. The summed E-state index contributed by atoms with van der Waals surface area (Å²) in [6.45, 7) is 3.72. The fourth-order valence-corrected chi connectivity index (χ4v) is 2.75. The number of hydrogen-bond donors (Lipinski definition) is 2. The zero-order valence-corrected chi connectivity index (χ0v) is 12.1. The average Bonchev–Trinajstić information content (AvgIpc) is 2.35. The Labute approximate surface area is 114 Å². The lowest BCUT2D eigenvalue weighted by Crippen LogP contribution is -2.27. The van der Waals surface area contributed by atoms with Gasteiger partial charge in [-0.05, 0) is 37.7 Å². The van der Waals surface area contributed by atoms with Crippen LogP contribution in [0.1, 0.15) is 26.7 Å². The third kappa shape index (κ3) is 5.56. The van der Waals surface area contributed by atoms with Crippen molar-refractivity contribution in [2.45, 2.75) is 37.6 Å². The van der Waals surface area contributed by atoms with Gasteiger partial charge in [-0.25, -0.2) is 0 Å². The molecule has 100 valence electrons. The molecular weight excluding hydrogens is 244 g/mol. The standard InChI is InChI=1S/C14H22N2OS/c1-4-5-13(15-3)10-18-14-8-6-12(7-9-14)16-11(2)17/h6-9,13,15H,4-5,10H2,1-3H3,(H,16,17). The van der Waals surface area contributed by atoms with Crippen LogP contribution in [0.3, 0.4) is 0 Å². The number of amides is 1. The summed E-state index contributed by atoms with van der Waals surface area (Å²) in [4.78, 5) is 12.1. The maximum Gasteiger partial charge on any atom is 0.221 e. The van der Waals surface area contributed by atoms with Gasteiger partial charge in [-0.15, -0.1) is 11.8 Å². The molecule has 3 nitrogen and oxygen atoms in total. The monoisotopic (exact) mass is 266 g/mol. The van der Waals surface area contributed by atoms with E-state index in [0.717, 1.165) is 11.4 Å². The Balaban J connectivity index is 2.45. The number of carbonyl (C=O) groups is 1. The molecule has 0 spiro atoms. The zero-order valence-electron chi connectivity index (χ0n) is 11.3. The summed E-state index contributed by atoms with van der Waals surface area (Å²) < 4.78 is 0. The van der Waals surface area contributed by atoms with Crippen LogP contribution >= 0.6 is 11.8 Å². The summed E-state index contributed by atoms with van der Waals surface area (Å²) in [5.41, 5.74) is 0.852. The second kappa shape index (κ2) is 8.16. The van der Waals surface area contributed by atoms with Crippen LogP contribution < -0.4 is 10.6 Å². The van der Waals surface area contributed by atoms with Crippen LogP contribution in [-0.2, 0) is 4.79 Å². The van der Waals surface area contributed by atoms with E-state index in [4.69, 9.17) is 0 Å². The van der Waals surface area contributed by atoms with Crippen molar-refractivity contribution in [1.82, 2.24) is 5.32 Å². The van der Waals surface area contributed by atoms with Gasteiger partial charge in [-0.3, -0.25) is 4.79 Å². The molecule has 2 N–H and O–H groups in total. The summed E-state index contributed by atoms with van der Waals surface area (Å²) in [5.74, 6) is 1.04. The molecule has 1 amide bonds. The van der Waals surface area contributed by atoms with Gasteiger partial charge in [0.2, 0.25) is 5.91 Å². The van der Waals surface area contributed by atoms with E-state index in [2.05, 4.69) is 29.7 Å². The van der Waals surface area contributed by atoms with Crippen LogP contribution in [0, 0.1) is 0 Å². The van der Waals surface area contributed by atoms with E-state index in [9.17, 15) is 4.79 Å². The Morgan fingerprint density at radius 1 is 1.33 bits per heavy atom. The summed E-state index contributed by atoms with van der Waals surface area (Å²) in [5, 5.41) is 6.10. The number of nitrogens with one attached hydrogen (secondary N) is 2. The highest BCUT2D eigenvalue weighted by Gasteiger charge is 2.05. The van der Waals surface area contributed by atoms with Crippen molar-refractivity contribution in [1.29, 1.82) is 0 Å². The minimum absolute atomic E-state index is 0.0337. The third-order valence-corrected chi connectivity index (χ3v) is 3.85. The topological polar surface area (TPSA) is 41.1 Å². The third-order valence-electron chi connectivity index (χ3n) is 2.67. The highest BCUT2D eigenvalue weighted by molar-refractivity contribution is 7.99. The molecule has 0 aliphatic carbocycles. The largest absolute Gasteiger partial charge is 0.326 e. The minimum Gasteiger partial charge on any atom is -0.326 e. The smallest absolute Gasteiger partial charge is 0.221 e. The van der Waals surface area contributed by atoms with Crippen molar-refractivity contribution in [2.75, 3.05) is 18.1 Å². The van der Waals surface area contributed by atoms with Crippen LogP contribution in [-0.4, -0.2) is 24.7 Å². The Morgan fingerprint density at radius 2 is 2.00 bits per heavy atom. The summed E-state index contributed by atoms with van der Waals surface area (Å²) in [6.07, 6.45) is 2.40. The van der Waals surface area contributed by atoms with Gasteiger partial charge < -0.3 is 10.6 Å². The molecule has 0 aliphatic rings. The van der Waals surface area contributed by atoms with Crippen molar-refractivity contribution in [2.24, 2.45) is 0 Å². The molecule has 0 aliphatic heterocycles. The maximum absolute atomic E-state index is 10.9. The first kappa shape index (κ1) is 15.1. The highest BCUT2D eigenvalue weighted by atomic mass is 32.2. The van der Waals surface area contributed by atoms with Gasteiger partial charge in [0.05, 0.1) is 0 Å². The van der Waals surface area contributed by atoms with Crippen molar-refractivity contribution in [3.8, 4) is 0 Å². The first-order chi connectivity index (χ1) is 8.65. The fourth-order valence-electron chi connectivity index (χ4n) is 1.69. The molecule has 0 heterocycles.